The number of likely N-dealkylation sites (tertiary alicyclic amines) is 1. The Morgan fingerprint density at radius 2 is 2.00 bits per heavy atom. The summed E-state index contributed by atoms with van der Waals surface area (Å²) in [6.45, 7) is 1.88. The van der Waals surface area contributed by atoms with Crippen molar-refractivity contribution in [3.8, 4) is 16.3 Å². The third-order valence-electron chi connectivity index (χ3n) is 4.87. The van der Waals surface area contributed by atoms with Crippen molar-refractivity contribution in [1.82, 2.24) is 14.9 Å². The standard InChI is InChI=1S/C18H19F3N4O6S2/c1-9-13(10-7-12(14(30-2)22-8-10)33(28,29)18(19,20)21)32-16(23-9)24-17(27)25-6-4-5-11(25)15(26)31-3/h7-8,11H,4-6H2,1-3H3,(H,23,24,27)/t11-/m0/s1. The molecule has 1 atom stereocenters. The highest BCUT2D eigenvalue weighted by Gasteiger charge is 2.49. The van der Waals surface area contributed by atoms with Crippen molar-refractivity contribution in [2.75, 3.05) is 26.1 Å². The van der Waals surface area contributed by atoms with E-state index in [9.17, 15) is 31.2 Å². The number of hydrogen-bond acceptors (Lipinski definition) is 9. The van der Waals surface area contributed by atoms with Crippen molar-refractivity contribution in [3.63, 3.8) is 0 Å². The van der Waals surface area contributed by atoms with E-state index in [2.05, 4.69) is 15.3 Å². The quantitative estimate of drug-likeness (QED) is 0.611. The van der Waals surface area contributed by atoms with Crippen LogP contribution in [0, 0.1) is 6.92 Å². The van der Waals surface area contributed by atoms with Gasteiger partial charge in [-0.05, 0) is 25.8 Å². The van der Waals surface area contributed by atoms with Crippen molar-refractivity contribution < 1.29 is 40.7 Å². The molecule has 0 unspecified atom stereocenters. The first kappa shape index (κ1) is 24.7. The van der Waals surface area contributed by atoms with Gasteiger partial charge in [0.05, 0.1) is 24.8 Å². The number of nitrogens with zero attached hydrogens (tertiary/aromatic N) is 3. The molecule has 2 aromatic heterocycles. The minimum atomic E-state index is -5.73. The van der Waals surface area contributed by atoms with E-state index >= 15 is 0 Å². The molecule has 1 aliphatic heterocycles. The van der Waals surface area contributed by atoms with E-state index in [1.54, 1.807) is 0 Å². The monoisotopic (exact) mass is 508 g/mol. The molecule has 0 bridgehead atoms. The van der Waals surface area contributed by atoms with E-state index < -0.39 is 44.2 Å². The molecule has 15 heteroatoms. The van der Waals surface area contributed by atoms with Crippen LogP contribution in [0.15, 0.2) is 17.2 Å². The van der Waals surface area contributed by atoms with Crippen LogP contribution in [0.1, 0.15) is 18.5 Å². The molecule has 1 aliphatic rings. The predicted molar refractivity (Wildman–Crippen MR) is 111 cm³/mol. The van der Waals surface area contributed by atoms with Crippen LogP contribution in [0.2, 0.25) is 0 Å². The largest absolute Gasteiger partial charge is 0.502 e. The van der Waals surface area contributed by atoms with Crippen molar-refractivity contribution in [3.05, 3.63) is 18.0 Å². The summed E-state index contributed by atoms with van der Waals surface area (Å²) in [7, 11) is -3.50. The second-order valence-electron chi connectivity index (χ2n) is 6.92. The van der Waals surface area contributed by atoms with Crippen LogP contribution in [0.5, 0.6) is 5.88 Å². The molecule has 1 fully saturated rings. The number of aryl methyl sites for hydroxylation is 1. The fraction of sp³-hybridized carbons (Fsp3) is 0.444. The third-order valence-corrected chi connectivity index (χ3v) is 7.47. The first-order valence-electron chi connectivity index (χ1n) is 9.39. The van der Waals surface area contributed by atoms with Gasteiger partial charge in [0.1, 0.15) is 10.9 Å². The van der Waals surface area contributed by atoms with E-state index in [-0.39, 0.29) is 10.7 Å². The molecule has 0 spiro atoms. The average Bonchev–Trinajstić information content (AvgIpc) is 3.38. The number of ether oxygens (including phenoxy) is 2. The lowest BCUT2D eigenvalue weighted by atomic mass is 10.2. The number of anilines is 1. The van der Waals surface area contributed by atoms with Gasteiger partial charge in [0, 0.05) is 18.3 Å². The minimum absolute atomic E-state index is 0.0442. The van der Waals surface area contributed by atoms with Crippen LogP contribution in [0.4, 0.5) is 23.1 Å². The number of hydrogen-bond donors (Lipinski definition) is 1. The van der Waals surface area contributed by atoms with Gasteiger partial charge in [-0.2, -0.15) is 13.2 Å². The molecule has 33 heavy (non-hydrogen) atoms. The highest BCUT2D eigenvalue weighted by Crippen LogP contribution is 2.39. The van der Waals surface area contributed by atoms with Gasteiger partial charge in [-0.1, -0.05) is 11.3 Å². The van der Waals surface area contributed by atoms with Crippen molar-refractivity contribution in [2.24, 2.45) is 0 Å². The van der Waals surface area contributed by atoms with Crippen molar-refractivity contribution >= 4 is 38.3 Å². The van der Waals surface area contributed by atoms with E-state index in [4.69, 9.17) is 9.47 Å². The highest BCUT2D eigenvalue weighted by molar-refractivity contribution is 7.92. The Morgan fingerprint density at radius 3 is 2.61 bits per heavy atom. The van der Waals surface area contributed by atoms with Gasteiger partial charge in [0.2, 0.25) is 5.88 Å². The van der Waals surface area contributed by atoms with E-state index in [0.717, 1.165) is 30.7 Å². The van der Waals surface area contributed by atoms with Gasteiger partial charge >= 0.3 is 17.5 Å². The number of carbonyl (C=O) groups is 2. The molecule has 1 N–H and O–H groups in total. The van der Waals surface area contributed by atoms with Gasteiger partial charge < -0.3 is 14.4 Å². The number of rotatable bonds is 5. The lowest BCUT2D eigenvalue weighted by molar-refractivity contribution is -0.144. The molecule has 0 aromatic carbocycles. The number of thiazole rings is 1. The average molecular weight is 509 g/mol. The van der Waals surface area contributed by atoms with E-state index in [0.29, 0.717) is 30.0 Å². The topological polar surface area (TPSA) is 128 Å². The zero-order valence-electron chi connectivity index (χ0n) is 17.6. The van der Waals surface area contributed by atoms with E-state index in [1.165, 1.54) is 18.9 Å². The number of methoxy groups -OCH3 is 2. The second-order valence-corrected chi connectivity index (χ2v) is 9.83. The first-order valence-corrected chi connectivity index (χ1v) is 11.7. The van der Waals surface area contributed by atoms with Gasteiger partial charge in [-0.25, -0.2) is 28.0 Å². The number of nitrogens with one attached hydrogen (secondary N) is 1. The molecule has 0 saturated carbocycles. The molecule has 3 rings (SSSR count). The number of aromatic nitrogens is 2. The van der Waals surface area contributed by atoms with Gasteiger partial charge in [-0.15, -0.1) is 0 Å². The van der Waals surface area contributed by atoms with Crippen LogP contribution in [0.3, 0.4) is 0 Å². The van der Waals surface area contributed by atoms with Crippen LogP contribution in [-0.2, 0) is 19.4 Å². The number of amides is 2. The highest BCUT2D eigenvalue weighted by atomic mass is 32.2. The fourth-order valence-corrected chi connectivity index (χ4v) is 5.13. The lowest BCUT2D eigenvalue weighted by Crippen LogP contribution is -2.43. The molecule has 0 aliphatic carbocycles. The number of carbonyl (C=O) groups excluding carboxylic acids is 2. The number of pyridine rings is 1. The van der Waals surface area contributed by atoms with Gasteiger partial charge in [0.25, 0.3) is 9.84 Å². The van der Waals surface area contributed by atoms with Gasteiger partial charge in [0.15, 0.2) is 5.13 Å². The Kier molecular flexibility index (Phi) is 6.83. The zero-order valence-corrected chi connectivity index (χ0v) is 19.2. The summed E-state index contributed by atoms with van der Waals surface area (Å²) in [6.07, 6.45) is 2.22. The molecule has 10 nitrogen and oxygen atoms in total. The predicted octanol–water partition coefficient (Wildman–Crippen LogP) is 2.98. The summed E-state index contributed by atoms with van der Waals surface area (Å²) in [6, 6.07) is -0.512. The summed E-state index contributed by atoms with van der Waals surface area (Å²) >= 11 is 0.913. The Labute approximate surface area is 190 Å². The Hall–Kier alpha value is -2.94. The summed E-state index contributed by atoms with van der Waals surface area (Å²) < 4.78 is 72.6. The molecular formula is C18H19F3N4O6S2. The normalized spacial score (nSPS) is 16.5. The molecular weight excluding hydrogens is 489 g/mol. The third kappa shape index (κ3) is 4.73. The summed E-state index contributed by atoms with van der Waals surface area (Å²) in [5.41, 5.74) is -5.18. The van der Waals surface area contributed by atoms with Crippen molar-refractivity contribution in [2.45, 2.75) is 36.2 Å². The lowest BCUT2D eigenvalue weighted by Gasteiger charge is -2.22. The maximum absolute atomic E-state index is 13.1. The molecule has 1 saturated heterocycles. The van der Waals surface area contributed by atoms with Crippen LogP contribution < -0.4 is 10.1 Å². The number of alkyl halides is 3. The first-order chi connectivity index (χ1) is 15.4. The minimum Gasteiger partial charge on any atom is -0.480 e. The molecule has 180 valence electrons. The van der Waals surface area contributed by atoms with Crippen LogP contribution >= 0.6 is 11.3 Å². The Balaban J connectivity index is 1.91. The van der Waals surface area contributed by atoms with E-state index in [1.807, 2.05) is 0 Å². The summed E-state index contributed by atoms with van der Waals surface area (Å²) in [5.74, 6) is -1.24. The maximum atomic E-state index is 13.1. The van der Waals surface area contributed by atoms with Gasteiger partial charge in [-0.3, -0.25) is 5.32 Å². The Morgan fingerprint density at radius 1 is 1.30 bits per heavy atom. The molecule has 0 radical (unpaired) electrons. The number of sulfone groups is 1. The maximum Gasteiger partial charge on any atom is 0.502 e. The number of urea groups is 1. The zero-order chi connectivity index (χ0) is 24.6. The SMILES string of the molecule is COC(=O)[C@@H]1CCCN1C(=O)Nc1nc(C)c(-c2cnc(OC)c(S(=O)(=O)C(F)(F)F)c2)s1. The molecule has 2 aromatic rings. The fourth-order valence-electron chi connectivity index (χ4n) is 3.30. The molecule has 3 heterocycles. The Bertz CT molecular complexity index is 1180. The summed E-state index contributed by atoms with van der Waals surface area (Å²) in [4.78, 5) is 32.8. The van der Waals surface area contributed by atoms with Crippen molar-refractivity contribution in [1.29, 1.82) is 0 Å². The van der Waals surface area contributed by atoms with Crippen LogP contribution in [-0.4, -0.2) is 67.6 Å². The summed E-state index contributed by atoms with van der Waals surface area (Å²) in [5, 5.41) is 2.67. The smallest absolute Gasteiger partial charge is 0.480 e. The van der Waals surface area contributed by atoms with Crippen LogP contribution in [0.25, 0.3) is 10.4 Å². The second kappa shape index (κ2) is 9.13. The molecule has 2 amide bonds. The number of halogens is 3. The number of esters is 1.